The molecule has 3 aromatic carbocycles. The maximum Gasteiger partial charge on any atom is 0.332 e. The summed E-state index contributed by atoms with van der Waals surface area (Å²) in [6, 6.07) is 16.7. The van der Waals surface area contributed by atoms with Gasteiger partial charge in [-0.1, -0.05) is 31.2 Å². The minimum atomic E-state index is -1.03. The number of carbonyl (C=O) groups excluding carboxylic acids is 3. The Balaban J connectivity index is 1.54. The van der Waals surface area contributed by atoms with Gasteiger partial charge >= 0.3 is 6.03 Å². The Morgan fingerprint density at radius 3 is 2.03 bits per heavy atom. The van der Waals surface area contributed by atoms with E-state index in [9.17, 15) is 23.2 Å². The molecule has 3 aromatic rings. The molecule has 1 atom stereocenters. The summed E-state index contributed by atoms with van der Waals surface area (Å²) in [5.74, 6) is -1.83. The van der Waals surface area contributed by atoms with Gasteiger partial charge in [-0.3, -0.25) is 9.59 Å². The first-order valence-electron chi connectivity index (χ1n) is 11.4. The van der Waals surface area contributed by atoms with Crippen LogP contribution in [0.3, 0.4) is 0 Å². The number of hydrogen-bond acceptors (Lipinski definition) is 3. The van der Waals surface area contributed by atoms with E-state index < -0.39 is 29.7 Å². The van der Waals surface area contributed by atoms with E-state index >= 15 is 0 Å². The summed E-state index contributed by atoms with van der Waals surface area (Å²) in [6.45, 7) is 2.18. The van der Waals surface area contributed by atoms with E-state index in [-0.39, 0.29) is 24.5 Å². The standard InChI is InChI=1S/C27H25F2N3O3/c1-2-18-5-11-22(12-6-18)30-25(33)17-24-26(34)32(23-13-9-21(29)10-14-23)27(35)31(24)16-15-19-3-7-20(28)8-4-19/h3-14,24H,2,15-17H2,1H3,(H,30,33)/t24-/m0/s1. The molecule has 1 fully saturated rings. The van der Waals surface area contributed by atoms with E-state index in [0.29, 0.717) is 12.1 Å². The van der Waals surface area contributed by atoms with Crippen molar-refractivity contribution in [1.29, 1.82) is 0 Å². The lowest BCUT2D eigenvalue weighted by Crippen LogP contribution is -2.39. The van der Waals surface area contributed by atoms with Gasteiger partial charge in [0.15, 0.2) is 0 Å². The van der Waals surface area contributed by atoms with Crippen LogP contribution in [0.5, 0.6) is 0 Å². The SMILES string of the molecule is CCc1ccc(NC(=O)C[C@H]2C(=O)N(c3ccc(F)cc3)C(=O)N2CCc2ccc(F)cc2)cc1. The average molecular weight is 478 g/mol. The van der Waals surface area contributed by atoms with Crippen LogP contribution in [0.15, 0.2) is 72.8 Å². The van der Waals surface area contributed by atoms with Gasteiger partial charge in [-0.05, 0) is 72.5 Å². The normalized spacial score (nSPS) is 15.6. The molecule has 8 heteroatoms. The molecule has 1 heterocycles. The first-order valence-corrected chi connectivity index (χ1v) is 11.4. The number of anilines is 2. The van der Waals surface area contributed by atoms with Crippen LogP contribution in [-0.2, 0) is 22.4 Å². The molecule has 0 saturated carbocycles. The van der Waals surface area contributed by atoms with Gasteiger partial charge in [0.2, 0.25) is 5.91 Å². The molecule has 4 amide bonds. The van der Waals surface area contributed by atoms with E-state index in [1.54, 1.807) is 24.3 Å². The third kappa shape index (κ3) is 5.54. The van der Waals surface area contributed by atoms with Crippen molar-refractivity contribution >= 4 is 29.2 Å². The fourth-order valence-corrected chi connectivity index (χ4v) is 4.03. The fraction of sp³-hybridized carbons (Fsp3) is 0.222. The Bertz CT molecular complexity index is 1210. The Morgan fingerprint density at radius 1 is 0.857 bits per heavy atom. The lowest BCUT2D eigenvalue weighted by atomic mass is 10.1. The van der Waals surface area contributed by atoms with Crippen molar-refractivity contribution < 1.29 is 23.2 Å². The zero-order chi connectivity index (χ0) is 24.9. The van der Waals surface area contributed by atoms with Crippen molar-refractivity contribution in [3.63, 3.8) is 0 Å². The summed E-state index contributed by atoms with van der Waals surface area (Å²) < 4.78 is 26.7. The number of imide groups is 1. The van der Waals surface area contributed by atoms with Crippen molar-refractivity contribution in [2.75, 3.05) is 16.8 Å². The number of carbonyl (C=O) groups is 3. The van der Waals surface area contributed by atoms with Crippen molar-refractivity contribution in [3.05, 3.63) is 95.6 Å². The molecule has 4 rings (SSSR count). The fourth-order valence-electron chi connectivity index (χ4n) is 4.03. The number of nitrogens with zero attached hydrogens (tertiary/aromatic N) is 2. The summed E-state index contributed by atoms with van der Waals surface area (Å²) in [7, 11) is 0. The summed E-state index contributed by atoms with van der Waals surface area (Å²) >= 11 is 0. The van der Waals surface area contributed by atoms with Crippen LogP contribution < -0.4 is 10.2 Å². The van der Waals surface area contributed by atoms with Gasteiger partial charge in [-0.15, -0.1) is 0 Å². The second-order valence-corrected chi connectivity index (χ2v) is 8.32. The monoisotopic (exact) mass is 477 g/mol. The van der Waals surface area contributed by atoms with Crippen LogP contribution in [0.25, 0.3) is 0 Å². The number of aryl methyl sites for hydroxylation is 1. The van der Waals surface area contributed by atoms with Crippen LogP contribution in [0.1, 0.15) is 24.5 Å². The molecule has 0 bridgehead atoms. The minimum Gasteiger partial charge on any atom is -0.326 e. The first-order chi connectivity index (χ1) is 16.9. The smallest absolute Gasteiger partial charge is 0.326 e. The molecular weight excluding hydrogens is 452 g/mol. The van der Waals surface area contributed by atoms with Crippen molar-refractivity contribution in [1.82, 2.24) is 4.90 Å². The van der Waals surface area contributed by atoms with Gasteiger partial charge in [0, 0.05) is 12.2 Å². The number of hydrogen-bond donors (Lipinski definition) is 1. The molecule has 0 radical (unpaired) electrons. The number of nitrogens with one attached hydrogen (secondary N) is 1. The van der Waals surface area contributed by atoms with Crippen LogP contribution in [0, 0.1) is 11.6 Å². The maximum atomic E-state index is 13.4. The van der Waals surface area contributed by atoms with Crippen molar-refractivity contribution in [2.24, 2.45) is 0 Å². The lowest BCUT2D eigenvalue weighted by molar-refractivity contribution is -0.124. The minimum absolute atomic E-state index is 0.150. The van der Waals surface area contributed by atoms with Crippen LogP contribution in [0.4, 0.5) is 25.0 Å². The third-order valence-electron chi connectivity index (χ3n) is 5.98. The molecule has 1 saturated heterocycles. The van der Waals surface area contributed by atoms with Gasteiger partial charge in [-0.2, -0.15) is 0 Å². The average Bonchev–Trinajstić information content (AvgIpc) is 3.08. The number of amides is 4. The number of benzene rings is 3. The van der Waals surface area contributed by atoms with Crippen LogP contribution in [-0.4, -0.2) is 35.3 Å². The second-order valence-electron chi connectivity index (χ2n) is 8.32. The first kappa shape index (κ1) is 24.1. The van der Waals surface area contributed by atoms with E-state index in [2.05, 4.69) is 5.32 Å². The molecule has 0 unspecified atom stereocenters. The predicted octanol–water partition coefficient (Wildman–Crippen LogP) is 4.94. The Hall–Kier alpha value is -4.07. The highest BCUT2D eigenvalue weighted by Gasteiger charge is 2.46. The number of urea groups is 1. The van der Waals surface area contributed by atoms with Gasteiger partial charge < -0.3 is 10.2 Å². The summed E-state index contributed by atoms with van der Waals surface area (Å²) in [5, 5.41) is 2.78. The second kappa shape index (κ2) is 10.5. The third-order valence-corrected chi connectivity index (χ3v) is 5.98. The zero-order valence-corrected chi connectivity index (χ0v) is 19.2. The Kier molecular flexibility index (Phi) is 7.19. The largest absolute Gasteiger partial charge is 0.332 e. The topological polar surface area (TPSA) is 69.7 Å². The van der Waals surface area contributed by atoms with Crippen LogP contribution in [0.2, 0.25) is 0 Å². The quantitative estimate of drug-likeness (QED) is 0.468. The highest BCUT2D eigenvalue weighted by atomic mass is 19.1. The molecule has 0 aromatic heterocycles. The Labute approximate surface area is 202 Å². The molecular formula is C27H25F2N3O3. The summed E-state index contributed by atoms with van der Waals surface area (Å²) in [6.07, 6.45) is 1.00. The summed E-state index contributed by atoms with van der Waals surface area (Å²) in [5.41, 5.74) is 2.73. The van der Waals surface area contributed by atoms with Gasteiger partial charge in [0.25, 0.3) is 5.91 Å². The number of halogens is 2. The predicted molar refractivity (Wildman–Crippen MR) is 129 cm³/mol. The van der Waals surface area contributed by atoms with Crippen molar-refractivity contribution in [3.8, 4) is 0 Å². The van der Waals surface area contributed by atoms with E-state index in [1.807, 2.05) is 19.1 Å². The highest BCUT2D eigenvalue weighted by Crippen LogP contribution is 2.28. The molecule has 1 aliphatic rings. The van der Waals surface area contributed by atoms with Gasteiger partial charge in [0.05, 0.1) is 12.1 Å². The van der Waals surface area contributed by atoms with E-state index in [0.717, 1.165) is 22.4 Å². The molecule has 1 aliphatic heterocycles. The molecule has 6 nitrogen and oxygen atoms in total. The Morgan fingerprint density at radius 2 is 1.43 bits per heavy atom. The molecule has 0 spiro atoms. The molecule has 1 N–H and O–H groups in total. The zero-order valence-electron chi connectivity index (χ0n) is 19.2. The van der Waals surface area contributed by atoms with Crippen molar-refractivity contribution in [2.45, 2.75) is 32.2 Å². The highest BCUT2D eigenvalue weighted by molar-refractivity contribution is 6.22. The molecule has 35 heavy (non-hydrogen) atoms. The van der Waals surface area contributed by atoms with E-state index in [4.69, 9.17) is 0 Å². The van der Waals surface area contributed by atoms with Gasteiger partial charge in [0.1, 0.15) is 17.7 Å². The van der Waals surface area contributed by atoms with Gasteiger partial charge in [-0.25, -0.2) is 18.5 Å². The molecule has 180 valence electrons. The maximum absolute atomic E-state index is 13.4. The lowest BCUT2D eigenvalue weighted by Gasteiger charge is -2.21. The summed E-state index contributed by atoms with van der Waals surface area (Å²) in [4.78, 5) is 41.6. The number of rotatable bonds is 8. The molecule has 0 aliphatic carbocycles. The van der Waals surface area contributed by atoms with Crippen LogP contribution >= 0.6 is 0 Å². The van der Waals surface area contributed by atoms with E-state index in [1.165, 1.54) is 41.3 Å².